The van der Waals surface area contributed by atoms with E-state index in [1.54, 1.807) is 0 Å². The highest BCUT2D eigenvalue weighted by molar-refractivity contribution is 6.14. The smallest absolute Gasteiger partial charge is 0.159 e. The molecule has 0 radical (unpaired) electrons. The maximum Gasteiger partial charge on any atom is 0.159 e. The Bertz CT molecular complexity index is 3050. The molecule has 11 rings (SSSR count). The molecule has 9 aromatic rings. The first-order valence-corrected chi connectivity index (χ1v) is 18.4. The van der Waals surface area contributed by atoms with Crippen LogP contribution in [0.25, 0.3) is 77.4 Å². The van der Waals surface area contributed by atoms with E-state index < -0.39 is 0 Å². The van der Waals surface area contributed by atoms with Gasteiger partial charge in [0.2, 0.25) is 0 Å². The van der Waals surface area contributed by atoms with Gasteiger partial charge in [0.1, 0.15) is 11.4 Å². The van der Waals surface area contributed by atoms with Gasteiger partial charge in [-0.25, -0.2) is 4.99 Å². The van der Waals surface area contributed by atoms with Crippen LogP contribution in [0.1, 0.15) is 11.1 Å². The summed E-state index contributed by atoms with van der Waals surface area (Å²) in [6, 6.07) is 58.2. The number of para-hydroxylation sites is 2. The number of rotatable bonds is 5. The summed E-state index contributed by atoms with van der Waals surface area (Å²) in [6.07, 6.45) is 8.55. The Labute approximate surface area is 312 Å². The van der Waals surface area contributed by atoms with Crippen LogP contribution in [0.15, 0.2) is 203 Å². The fourth-order valence-electron chi connectivity index (χ4n) is 8.23. The van der Waals surface area contributed by atoms with Crippen molar-refractivity contribution in [1.82, 2.24) is 9.88 Å². The van der Waals surface area contributed by atoms with Crippen molar-refractivity contribution >= 4 is 55.3 Å². The third kappa shape index (κ3) is 4.88. The predicted molar refractivity (Wildman–Crippen MR) is 224 cm³/mol. The number of aliphatic imine (C=N–C) groups is 1. The van der Waals surface area contributed by atoms with Crippen molar-refractivity contribution in [3.05, 3.63) is 205 Å². The van der Waals surface area contributed by atoms with E-state index in [2.05, 4.69) is 192 Å². The lowest BCUT2D eigenvalue weighted by Gasteiger charge is -2.28. The Hall–Kier alpha value is -7.17. The Kier molecular flexibility index (Phi) is 6.89. The molecule has 0 fully saturated rings. The molecule has 1 unspecified atom stereocenters. The minimum Gasteiger partial charge on any atom is -0.454 e. The van der Waals surface area contributed by atoms with Crippen LogP contribution in [0.4, 0.5) is 0 Å². The summed E-state index contributed by atoms with van der Waals surface area (Å²) in [5.74, 6) is 0.824. The number of nitrogens with one attached hydrogen (secondary N) is 1. The lowest BCUT2D eigenvalue weighted by atomic mass is 9.93. The van der Waals surface area contributed by atoms with E-state index in [1.165, 1.54) is 33.0 Å². The van der Waals surface area contributed by atoms with Crippen LogP contribution in [-0.2, 0) is 0 Å². The Balaban J connectivity index is 1.03. The number of aromatic nitrogens is 1. The molecular formula is C50H33N3O. The summed E-state index contributed by atoms with van der Waals surface area (Å²) in [6.45, 7) is 0. The van der Waals surface area contributed by atoms with E-state index in [9.17, 15) is 0 Å². The number of furan rings is 1. The highest BCUT2D eigenvalue weighted by Crippen LogP contribution is 2.40. The number of amidine groups is 1. The van der Waals surface area contributed by atoms with Gasteiger partial charge in [0.25, 0.3) is 0 Å². The van der Waals surface area contributed by atoms with Gasteiger partial charge in [0.15, 0.2) is 5.58 Å². The van der Waals surface area contributed by atoms with Gasteiger partial charge < -0.3 is 14.3 Å². The lowest BCUT2D eigenvalue weighted by Crippen LogP contribution is -2.39. The fraction of sp³-hybridized carbons (Fsp3) is 0.0200. The second-order valence-electron chi connectivity index (χ2n) is 14.0. The predicted octanol–water partition coefficient (Wildman–Crippen LogP) is 12.3. The number of fused-ring (bicyclic) bond motifs is 7. The molecule has 4 heteroatoms. The zero-order chi connectivity index (χ0) is 35.6. The van der Waals surface area contributed by atoms with Gasteiger partial charge in [-0.3, -0.25) is 0 Å². The molecule has 2 aromatic heterocycles. The molecule has 0 amide bonds. The molecular weight excluding hydrogens is 659 g/mol. The van der Waals surface area contributed by atoms with E-state index in [-0.39, 0.29) is 6.04 Å². The molecule has 1 aliphatic carbocycles. The van der Waals surface area contributed by atoms with Crippen LogP contribution in [-0.4, -0.2) is 16.4 Å². The molecule has 1 aliphatic heterocycles. The molecule has 1 N–H and O–H groups in total. The molecule has 0 spiro atoms. The van der Waals surface area contributed by atoms with Crippen LogP contribution in [0.5, 0.6) is 0 Å². The van der Waals surface area contributed by atoms with Gasteiger partial charge in [-0.1, -0.05) is 152 Å². The summed E-state index contributed by atoms with van der Waals surface area (Å²) in [7, 11) is 0. The quantitative estimate of drug-likeness (QED) is 0.195. The van der Waals surface area contributed by atoms with Crippen LogP contribution >= 0.6 is 0 Å². The van der Waals surface area contributed by atoms with E-state index >= 15 is 0 Å². The van der Waals surface area contributed by atoms with Gasteiger partial charge >= 0.3 is 0 Å². The van der Waals surface area contributed by atoms with E-state index in [0.717, 1.165) is 66.9 Å². The molecule has 4 nitrogen and oxygen atoms in total. The average Bonchev–Trinajstić information content (AvgIpc) is 3.79. The number of hydrogen-bond acceptors (Lipinski definition) is 3. The SMILES string of the molecule is C1=CC2=C(c3ccc(-c4ccccc4)cc3)N=C(c3ccc4c(c3)oc3c(-n5c6ccccc6c6cc(-c7ccccc7)ccc65)cccc34)NC2C=C1. The van der Waals surface area contributed by atoms with E-state index in [0.29, 0.717) is 0 Å². The number of nitrogens with zero attached hydrogens (tertiary/aromatic N) is 2. The van der Waals surface area contributed by atoms with Gasteiger partial charge in [-0.05, 0) is 58.7 Å². The van der Waals surface area contributed by atoms with Crippen LogP contribution in [0.2, 0.25) is 0 Å². The minimum absolute atomic E-state index is 0.0157. The van der Waals surface area contributed by atoms with Crippen LogP contribution in [0, 0.1) is 0 Å². The molecule has 2 aliphatic rings. The Morgan fingerprint density at radius 2 is 1.17 bits per heavy atom. The Morgan fingerprint density at radius 1 is 0.500 bits per heavy atom. The van der Waals surface area contributed by atoms with Crippen molar-refractivity contribution in [1.29, 1.82) is 0 Å². The third-order valence-corrected chi connectivity index (χ3v) is 10.9. The van der Waals surface area contributed by atoms with Gasteiger partial charge in [-0.15, -0.1) is 0 Å². The summed E-state index contributed by atoms with van der Waals surface area (Å²) < 4.78 is 9.21. The van der Waals surface area contributed by atoms with Crippen molar-refractivity contribution in [2.75, 3.05) is 0 Å². The summed E-state index contributed by atoms with van der Waals surface area (Å²) >= 11 is 0. The molecule has 7 aromatic carbocycles. The van der Waals surface area contributed by atoms with Crippen molar-refractivity contribution in [3.63, 3.8) is 0 Å². The monoisotopic (exact) mass is 691 g/mol. The standard InChI is InChI=1S/C50H33N3O/c1-3-12-32(13-4-1)34-22-24-35(25-23-34)48-41-17-7-9-19-43(41)51-50(52-48)37-26-28-39-40-18-11-21-46(49(40)54-47(39)31-37)53-44-20-10-8-16-38(44)42-30-36(27-29-45(42)53)33-14-5-2-6-15-33/h1-31,43H,(H,51,52). The normalized spacial score (nSPS) is 15.3. The lowest BCUT2D eigenvalue weighted by molar-refractivity contribution is 0.666. The number of hydrogen-bond donors (Lipinski definition) is 1. The minimum atomic E-state index is 0.0157. The zero-order valence-corrected chi connectivity index (χ0v) is 29.3. The molecule has 1 atom stereocenters. The number of allylic oxidation sites excluding steroid dienone is 2. The van der Waals surface area contributed by atoms with Gasteiger partial charge in [0.05, 0.1) is 28.5 Å². The first-order chi connectivity index (χ1) is 26.8. The molecule has 54 heavy (non-hydrogen) atoms. The van der Waals surface area contributed by atoms with Crippen molar-refractivity contribution < 1.29 is 4.42 Å². The van der Waals surface area contributed by atoms with Crippen molar-refractivity contribution in [2.24, 2.45) is 4.99 Å². The number of benzene rings is 7. The van der Waals surface area contributed by atoms with Crippen molar-refractivity contribution in [2.45, 2.75) is 6.04 Å². The fourth-order valence-corrected chi connectivity index (χ4v) is 8.23. The summed E-state index contributed by atoms with van der Waals surface area (Å²) in [5.41, 5.74) is 14.0. The third-order valence-electron chi connectivity index (χ3n) is 10.9. The molecule has 0 bridgehead atoms. The van der Waals surface area contributed by atoms with Crippen molar-refractivity contribution in [3.8, 4) is 27.9 Å². The maximum atomic E-state index is 6.86. The molecule has 0 saturated carbocycles. The van der Waals surface area contributed by atoms with E-state index in [1.807, 2.05) is 6.07 Å². The highest BCUT2D eigenvalue weighted by atomic mass is 16.3. The second kappa shape index (κ2) is 12.2. The molecule has 0 saturated heterocycles. The summed E-state index contributed by atoms with van der Waals surface area (Å²) in [4.78, 5) is 5.28. The summed E-state index contributed by atoms with van der Waals surface area (Å²) in [5, 5.41) is 8.30. The topological polar surface area (TPSA) is 42.5 Å². The zero-order valence-electron chi connectivity index (χ0n) is 29.3. The Morgan fingerprint density at radius 3 is 2.00 bits per heavy atom. The second-order valence-corrected chi connectivity index (χ2v) is 14.0. The molecule has 254 valence electrons. The maximum absolute atomic E-state index is 6.86. The van der Waals surface area contributed by atoms with Gasteiger partial charge in [-0.2, -0.15) is 0 Å². The van der Waals surface area contributed by atoms with Crippen LogP contribution < -0.4 is 5.32 Å². The highest BCUT2D eigenvalue weighted by Gasteiger charge is 2.25. The largest absolute Gasteiger partial charge is 0.454 e. The average molecular weight is 692 g/mol. The molecule has 3 heterocycles. The van der Waals surface area contributed by atoms with Gasteiger partial charge in [0, 0.05) is 38.2 Å². The van der Waals surface area contributed by atoms with Crippen LogP contribution in [0.3, 0.4) is 0 Å². The first-order valence-electron chi connectivity index (χ1n) is 18.4. The first kappa shape index (κ1) is 30.5. The van der Waals surface area contributed by atoms with E-state index in [4.69, 9.17) is 9.41 Å².